The number of amides is 1. The Morgan fingerprint density at radius 1 is 1.07 bits per heavy atom. The van der Waals surface area contributed by atoms with Gasteiger partial charge in [-0.3, -0.25) is 9.36 Å². The van der Waals surface area contributed by atoms with Crippen LogP contribution in [0.25, 0.3) is 11.4 Å². The van der Waals surface area contributed by atoms with Crippen LogP contribution in [0.15, 0.2) is 53.7 Å². The van der Waals surface area contributed by atoms with E-state index in [1.807, 2.05) is 54.3 Å². The van der Waals surface area contributed by atoms with Gasteiger partial charge in [0.2, 0.25) is 5.91 Å². The van der Waals surface area contributed by atoms with E-state index in [2.05, 4.69) is 34.7 Å². The number of fused-ring (bicyclic) bond motifs is 1. The Morgan fingerprint density at radius 3 is 2.50 bits per heavy atom. The lowest BCUT2D eigenvalue weighted by molar-refractivity contribution is -0.117. The first-order chi connectivity index (χ1) is 14.5. The van der Waals surface area contributed by atoms with Crippen molar-refractivity contribution in [2.24, 2.45) is 0 Å². The van der Waals surface area contributed by atoms with Crippen LogP contribution >= 0.6 is 11.8 Å². The third-order valence-corrected chi connectivity index (χ3v) is 6.36. The summed E-state index contributed by atoms with van der Waals surface area (Å²) >= 11 is 1.46. The Morgan fingerprint density at radius 2 is 1.80 bits per heavy atom. The number of methoxy groups -OCH3 is 1. The molecule has 0 fully saturated rings. The number of carbonyl (C=O) groups is 1. The predicted molar refractivity (Wildman–Crippen MR) is 120 cm³/mol. The van der Waals surface area contributed by atoms with Crippen molar-refractivity contribution in [2.45, 2.75) is 43.6 Å². The first kappa shape index (κ1) is 20.5. The molecule has 1 atom stereocenters. The van der Waals surface area contributed by atoms with Gasteiger partial charge in [-0.2, -0.15) is 0 Å². The van der Waals surface area contributed by atoms with E-state index < -0.39 is 0 Å². The lowest BCUT2D eigenvalue weighted by atomic mass is 10.2. The molecule has 1 aliphatic rings. The van der Waals surface area contributed by atoms with Gasteiger partial charge in [0.1, 0.15) is 5.75 Å². The Balaban J connectivity index is 1.57. The molecular formula is C23H26N4O2S. The van der Waals surface area contributed by atoms with Crippen LogP contribution in [0.3, 0.4) is 0 Å². The van der Waals surface area contributed by atoms with Gasteiger partial charge in [0.15, 0.2) is 11.0 Å². The van der Waals surface area contributed by atoms with E-state index in [1.165, 1.54) is 17.3 Å². The number of nitrogens with zero attached hydrogens (tertiary/aromatic N) is 4. The fraction of sp³-hybridized carbons (Fsp3) is 0.348. The van der Waals surface area contributed by atoms with Gasteiger partial charge in [-0.25, -0.2) is 0 Å². The number of rotatable bonds is 6. The van der Waals surface area contributed by atoms with Gasteiger partial charge in [0.25, 0.3) is 0 Å². The Hall–Kier alpha value is -2.80. The lowest BCUT2D eigenvalue weighted by Crippen LogP contribution is -2.35. The van der Waals surface area contributed by atoms with E-state index in [9.17, 15) is 4.79 Å². The smallest absolute Gasteiger partial charge is 0.240 e. The van der Waals surface area contributed by atoms with Gasteiger partial charge in [-0.15, -0.1) is 10.2 Å². The molecule has 0 spiro atoms. The van der Waals surface area contributed by atoms with Gasteiger partial charge >= 0.3 is 0 Å². The molecule has 1 aliphatic heterocycles. The van der Waals surface area contributed by atoms with Gasteiger partial charge in [0.05, 0.1) is 12.4 Å². The van der Waals surface area contributed by atoms with Crippen LogP contribution in [-0.2, 0) is 11.2 Å². The average molecular weight is 423 g/mol. The summed E-state index contributed by atoms with van der Waals surface area (Å²) in [5.41, 5.74) is 3.23. The van der Waals surface area contributed by atoms with E-state index in [0.717, 1.165) is 40.9 Å². The molecule has 7 heteroatoms. The van der Waals surface area contributed by atoms with Crippen LogP contribution in [0.4, 0.5) is 5.69 Å². The summed E-state index contributed by atoms with van der Waals surface area (Å²) in [5, 5.41) is 9.35. The molecule has 30 heavy (non-hydrogen) atoms. The molecule has 156 valence electrons. The normalized spacial score (nSPS) is 14.1. The summed E-state index contributed by atoms with van der Waals surface area (Å²) in [6.45, 7) is 6.88. The highest BCUT2D eigenvalue weighted by atomic mass is 32.2. The number of ether oxygens (including phenoxy) is 1. The van der Waals surface area contributed by atoms with Crippen LogP contribution in [0.1, 0.15) is 32.4 Å². The highest BCUT2D eigenvalue weighted by Crippen LogP contribution is 2.34. The fourth-order valence-corrected chi connectivity index (χ4v) is 4.80. The van der Waals surface area contributed by atoms with E-state index in [-0.39, 0.29) is 17.2 Å². The van der Waals surface area contributed by atoms with E-state index >= 15 is 0 Å². The highest BCUT2D eigenvalue weighted by Gasteiger charge is 2.30. The zero-order chi connectivity index (χ0) is 21.3. The summed E-state index contributed by atoms with van der Waals surface area (Å²) < 4.78 is 7.34. The molecule has 0 saturated heterocycles. The van der Waals surface area contributed by atoms with E-state index in [4.69, 9.17) is 4.74 Å². The minimum Gasteiger partial charge on any atom is -0.497 e. The van der Waals surface area contributed by atoms with Crippen molar-refractivity contribution in [1.29, 1.82) is 0 Å². The zero-order valence-electron chi connectivity index (χ0n) is 17.7. The second-order valence-electron chi connectivity index (χ2n) is 7.63. The van der Waals surface area contributed by atoms with Crippen molar-refractivity contribution in [3.63, 3.8) is 0 Å². The zero-order valence-corrected chi connectivity index (χ0v) is 18.5. The third-order valence-electron chi connectivity index (χ3n) is 5.31. The number of para-hydroxylation sites is 1. The summed E-state index contributed by atoms with van der Waals surface area (Å²) in [7, 11) is 1.65. The second kappa shape index (κ2) is 8.52. The SMILES string of the molecule is COc1ccc(-c2nnc(S[C@H](C)C(=O)N3CCc4ccccc43)n2C(C)C)cc1. The van der Waals surface area contributed by atoms with Crippen LogP contribution in [0, 0.1) is 0 Å². The number of aromatic nitrogens is 3. The van der Waals surface area contributed by atoms with Gasteiger partial charge in [-0.05, 0) is 63.1 Å². The fourth-order valence-electron chi connectivity index (χ4n) is 3.75. The maximum absolute atomic E-state index is 13.2. The number of benzene rings is 2. The molecule has 0 aliphatic carbocycles. The molecule has 0 N–H and O–H groups in total. The number of thioether (sulfide) groups is 1. The Bertz CT molecular complexity index is 1050. The van der Waals surface area contributed by atoms with Gasteiger partial charge in [0, 0.05) is 23.8 Å². The standard InChI is InChI=1S/C23H26N4O2S/c1-15(2)27-21(18-9-11-19(29-4)12-10-18)24-25-23(27)30-16(3)22(28)26-14-13-17-7-5-6-8-20(17)26/h5-12,15-16H,13-14H2,1-4H3/t16-/m1/s1. The second-order valence-corrected chi connectivity index (χ2v) is 8.94. The number of anilines is 1. The minimum absolute atomic E-state index is 0.106. The predicted octanol–water partition coefficient (Wildman–Crippen LogP) is 4.60. The largest absolute Gasteiger partial charge is 0.497 e. The van der Waals surface area contributed by atoms with Crippen molar-refractivity contribution in [2.75, 3.05) is 18.6 Å². The van der Waals surface area contributed by atoms with Crippen molar-refractivity contribution in [3.8, 4) is 17.1 Å². The molecule has 2 aromatic carbocycles. The summed E-state index contributed by atoms with van der Waals surface area (Å²) in [6.07, 6.45) is 0.906. The number of hydrogen-bond donors (Lipinski definition) is 0. The number of hydrogen-bond acceptors (Lipinski definition) is 5. The average Bonchev–Trinajstić information content (AvgIpc) is 3.37. The highest BCUT2D eigenvalue weighted by molar-refractivity contribution is 8.00. The van der Waals surface area contributed by atoms with Gasteiger partial charge in [-0.1, -0.05) is 30.0 Å². The van der Waals surface area contributed by atoms with E-state index in [1.54, 1.807) is 7.11 Å². The molecular weight excluding hydrogens is 396 g/mol. The quantitative estimate of drug-likeness (QED) is 0.543. The molecule has 4 rings (SSSR count). The topological polar surface area (TPSA) is 60.3 Å². The molecule has 2 heterocycles. The minimum atomic E-state index is -0.262. The molecule has 1 amide bonds. The van der Waals surface area contributed by atoms with Crippen molar-refractivity contribution >= 4 is 23.4 Å². The van der Waals surface area contributed by atoms with Crippen LogP contribution in [0.5, 0.6) is 5.75 Å². The molecule has 0 unspecified atom stereocenters. The maximum Gasteiger partial charge on any atom is 0.240 e. The maximum atomic E-state index is 13.2. The van der Waals surface area contributed by atoms with Crippen LogP contribution in [-0.4, -0.2) is 39.6 Å². The monoisotopic (exact) mass is 422 g/mol. The van der Waals surface area contributed by atoms with Crippen molar-refractivity contribution < 1.29 is 9.53 Å². The molecule has 1 aromatic heterocycles. The molecule has 3 aromatic rings. The molecule has 0 bridgehead atoms. The van der Waals surface area contributed by atoms with Crippen LogP contribution in [0.2, 0.25) is 0 Å². The summed E-state index contributed by atoms with van der Waals surface area (Å²) in [6, 6.07) is 16.1. The molecule has 0 saturated carbocycles. The summed E-state index contributed by atoms with van der Waals surface area (Å²) in [5.74, 6) is 1.70. The molecule has 6 nitrogen and oxygen atoms in total. The molecule has 0 radical (unpaired) electrons. The summed E-state index contributed by atoms with van der Waals surface area (Å²) in [4.78, 5) is 15.1. The van der Waals surface area contributed by atoms with Crippen molar-refractivity contribution in [1.82, 2.24) is 14.8 Å². The van der Waals surface area contributed by atoms with Crippen LogP contribution < -0.4 is 9.64 Å². The van der Waals surface area contributed by atoms with Crippen molar-refractivity contribution in [3.05, 3.63) is 54.1 Å². The van der Waals surface area contributed by atoms with Gasteiger partial charge < -0.3 is 9.64 Å². The Kier molecular flexibility index (Phi) is 5.81. The Labute approximate surface area is 181 Å². The first-order valence-corrected chi connectivity index (χ1v) is 11.0. The van der Waals surface area contributed by atoms with E-state index in [0.29, 0.717) is 0 Å². The third kappa shape index (κ3) is 3.81. The first-order valence-electron chi connectivity index (χ1n) is 10.1. The lowest BCUT2D eigenvalue weighted by Gasteiger charge is -2.22. The number of carbonyl (C=O) groups excluding carboxylic acids is 1.